The summed E-state index contributed by atoms with van der Waals surface area (Å²) in [6.07, 6.45) is 4.25. The number of benzene rings is 2. The van der Waals surface area contributed by atoms with Crippen molar-refractivity contribution in [2.45, 2.75) is 70.6 Å². The Morgan fingerprint density at radius 2 is 1.81 bits per heavy atom. The number of methoxy groups -OCH3 is 1. The minimum Gasteiger partial charge on any atom is -0.496 e. The maximum atomic E-state index is 15.5. The van der Waals surface area contributed by atoms with Gasteiger partial charge in [-0.2, -0.15) is 0 Å². The second-order valence-electron chi connectivity index (χ2n) is 13.5. The molecule has 2 amide bonds. The molecule has 2 aliphatic heterocycles. The van der Waals surface area contributed by atoms with Gasteiger partial charge in [0.15, 0.2) is 4.96 Å². The minimum absolute atomic E-state index is 0.158. The number of aromatic nitrogens is 2. The number of alkyl halides is 1. The number of carbonyl (C=O) groups is 2. The normalized spacial score (nSPS) is 17.0. The molecule has 0 aliphatic carbocycles. The zero-order valence-corrected chi connectivity index (χ0v) is 28.3. The number of piperidine rings is 2. The summed E-state index contributed by atoms with van der Waals surface area (Å²) in [7, 11) is 1.54. The number of ether oxygens (including phenoxy) is 2. The summed E-state index contributed by atoms with van der Waals surface area (Å²) < 4.78 is 42.8. The van der Waals surface area contributed by atoms with Gasteiger partial charge in [-0.1, -0.05) is 17.4 Å². The monoisotopic (exact) mass is 667 g/mol. The van der Waals surface area contributed by atoms with E-state index in [1.54, 1.807) is 17.0 Å². The molecule has 2 fully saturated rings. The van der Waals surface area contributed by atoms with E-state index >= 15 is 4.39 Å². The summed E-state index contributed by atoms with van der Waals surface area (Å²) in [5.41, 5.74) is 2.59. The van der Waals surface area contributed by atoms with Gasteiger partial charge in [0.1, 0.15) is 23.3 Å². The average Bonchev–Trinajstić information content (AvgIpc) is 3.60. The van der Waals surface area contributed by atoms with Crippen molar-refractivity contribution in [3.63, 3.8) is 0 Å². The van der Waals surface area contributed by atoms with Crippen molar-refractivity contribution in [1.82, 2.24) is 24.5 Å². The van der Waals surface area contributed by atoms with Gasteiger partial charge in [-0.05, 0) is 89.1 Å². The number of carbonyl (C=O) groups excluding carboxylic acids is 2. The predicted octanol–water partition coefficient (Wildman–Crippen LogP) is 7.03. The fraction of sp³-hybridized carbons (Fsp3) is 0.514. The molecule has 0 saturated carbocycles. The van der Waals surface area contributed by atoms with Gasteiger partial charge in [0.05, 0.1) is 28.6 Å². The maximum absolute atomic E-state index is 15.5. The van der Waals surface area contributed by atoms with E-state index in [2.05, 4.69) is 10.2 Å². The van der Waals surface area contributed by atoms with E-state index in [4.69, 9.17) is 14.5 Å². The Morgan fingerprint density at radius 1 is 1.06 bits per heavy atom. The second kappa shape index (κ2) is 13.8. The van der Waals surface area contributed by atoms with Crippen LogP contribution in [-0.4, -0.2) is 89.3 Å². The van der Waals surface area contributed by atoms with Crippen LogP contribution in [0.4, 0.5) is 13.6 Å². The quantitative estimate of drug-likeness (QED) is 0.203. The summed E-state index contributed by atoms with van der Waals surface area (Å²) in [4.78, 5) is 34.9. The Hall–Kier alpha value is -3.77. The topological polar surface area (TPSA) is 88.4 Å². The lowest BCUT2D eigenvalue weighted by Gasteiger charge is -2.33. The van der Waals surface area contributed by atoms with Gasteiger partial charge in [-0.15, -0.1) is 0 Å². The molecule has 252 valence electrons. The number of fused-ring (bicyclic) bond motifs is 3. The maximum Gasteiger partial charge on any atom is 0.410 e. The number of imidazole rings is 1. The first-order valence-electron chi connectivity index (χ1n) is 16.4. The number of rotatable bonds is 8. The SMILES string of the molecule is COc1cc2c(cc1C(=O)NCCCN1CCC(F)CC1)sc1nc(-c3ccc(C4CCN(C(=O)OC(C)(C)C)CC4)cc3F)cn12. The smallest absolute Gasteiger partial charge is 0.410 e. The standard InChI is InChI=1S/C35H43F2N5O4S/c1-35(2,3)46-34(44)41-16-8-22(9-17-41)23-6-7-25(27(37)18-23)28-21-42-29-20-30(45-4)26(19-31(29)47-33(42)39-28)32(43)38-12-5-13-40-14-10-24(36)11-15-40/h6-7,18-22,24H,5,8-17H2,1-4H3,(H,38,43). The molecule has 6 rings (SSSR count). The second-order valence-corrected chi connectivity index (χ2v) is 14.5. The number of hydrogen-bond acceptors (Lipinski definition) is 7. The molecule has 0 atom stereocenters. The fourth-order valence-electron chi connectivity index (χ4n) is 6.44. The van der Waals surface area contributed by atoms with Crippen molar-refractivity contribution in [2.75, 3.05) is 46.4 Å². The van der Waals surface area contributed by atoms with Gasteiger partial charge >= 0.3 is 6.09 Å². The molecule has 0 radical (unpaired) electrons. The molecular formula is C35H43F2N5O4S. The largest absolute Gasteiger partial charge is 0.496 e. The Labute approximate surface area is 277 Å². The summed E-state index contributed by atoms with van der Waals surface area (Å²) in [6, 6.07) is 8.97. The van der Waals surface area contributed by atoms with E-state index < -0.39 is 11.8 Å². The molecule has 1 N–H and O–H groups in total. The molecule has 47 heavy (non-hydrogen) atoms. The van der Waals surface area contributed by atoms with Gasteiger partial charge < -0.3 is 24.6 Å². The third kappa shape index (κ3) is 7.54. The summed E-state index contributed by atoms with van der Waals surface area (Å²) in [5, 5.41) is 2.99. The molecular weight excluding hydrogens is 624 g/mol. The number of amides is 2. The van der Waals surface area contributed by atoms with Crippen LogP contribution >= 0.6 is 11.3 Å². The Balaban J connectivity index is 1.11. The number of likely N-dealkylation sites (tertiary alicyclic amines) is 2. The van der Waals surface area contributed by atoms with Crippen LogP contribution in [0.2, 0.25) is 0 Å². The van der Waals surface area contributed by atoms with Gasteiger partial charge in [0.2, 0.25) is 0 Å². The third-order valence-electron chi connectivity index (χ3n) is 9.00. The van der Waals surface area contributed by atoms with Crippen molar-refractivity contribution in [1.29, 1.82) is 0 Å². The molecule has 9 nitrogen and oxygen atoms in total. The van der Waals surface area contributed by atoms with Crippen LogP contribution in [0.5, 0.6) is 5.75 Å². The van der Waals surface area contributed by atoms with Gasteiger partial charge in [0, 0.05) is 50.6 Å². The highest BCUT2D eigenvalue weighted by Gasteiger charge is 2.28. The zero-order valence-electron chi connectivity index (χ0n) is 27.5. The molecule has 0 spiro atoms. The van der Waals surface area contributed by atoms with E-state index in [-0.39, 0.29) is 23.7 Å². The van der Waals surface area contributed by atoms with Crippen molar-refractivity contribution in [2.24, 2.45) is 0 Å². The molecule has 0 unspecified atom stereocenters. The van der Waals surface area contributed by atoms with Crippen LogP contribution in [0.3, 0.4) is 0 Å². The summed E-state index contributed by atoms with van der Waals surface area (Å²) in [6.45, 7) is 9.57. The highest BCUT2D eigenvalue weighted by molar-refractivity contribution is 7.23. The van der Waals surface area contributed by atoms with Crippen molar-refractivity contribution in [3.8, 4) is 17.0 Å². The number of thiazole rings is 1. The number of nitrogens with zero attached hydrogens (tertiary/aromatic N) is 4. The fourth-order valence-corrected chi connectivity index (χ4v) is 7.47. The Bertz CT molecular complexity index is 1750. The molecule has 0 bridgehead atoms. The van der Waals surface area contributed by atoms with Crippen LogP contribution < -0.4 is 10.1 Å². The molecule has 4 heterocycles. The molecule has 4 aromatic rings. The van der Waals surface area contributed by atoms with Crippen LogP contribution in [0.25, 0.3) is 26.4 Å². The van der Waals surface area contributed by atoms with Crippen molar-refractivity contribution in [3.05, 3.63) is 53.5 Å². The molecule has 2 aromatic carbocycles. The number of hydrogen-bond donors (Lipinski definition) is 1. The third-order valence-corrected chi connectivity index (χ3v) is 10.0. The highest BCUT2D eigenvalue weighted by atomic mass is 32.1. The van der Waals surface area contributed by atoms with Crippen molar-refractivity contribution < 1.29 is 27.8 Å². The lowest BCUT2D eigenvalue weighted by molar-refractivity contribution is 0.0204. The van der Waals surface area contributed by atoms with Crippen LogP contribution in [0.15, 0.2) is 36.5 Å². The molecule has 12 heteroatoms. The summed E-state index contributed by atoms with van der Waals surface area (Å²) >= 11 is 1.43. The molecule has 2 aromatic heterocycles. The van der Waals surface area contributed by atoms with E-state index in [1.807, 2.05) is 49.6 Å². The lowest BCUT2D eigenvalue weighted by Crippen LogP contribution is -2.41. The van der Waals surface area contributed by atoms with Crippen LogP contribution in [-0.2, 0) is 4.74 Å². The minimum atomic E-state index is -0.693. The van der Waals surface area contributed by atoms with E-state index in [9.17, 15) is 14.0 Å². The average molecular weight is 668 g/mol. The van der Waals surface area contributed by atoms with E-state index in [0.29, 0.717) is 60.0 Å². The van der Waals surface area contributed by atoms with Gasteiger partial charge in [-0.3, -0.25) is 9.20 Å². The van der Waals surface area contributed by atoms with E-state index in [1.165, 1.54) is 18.4 Å². The summed E-state index contributed by atoms with van der Waals surface area (Å²) in [5.74, 6) is 0.0557. The molecule has 2 saturated heterocycles. The Morgan fingerprint density at radius 3 is 2.49 bits per heavy atom. The number of halogens is 2. The first-order chi connectivity index (χ1) is 22.5. The first-order valence-corrected chi connectivity index (χ1v) is 17.2. The lowest BCUT2D eigenvalue weighted by atomic mass is 9.89. The number of nitrogens with one attached hydrogen (secondary N) is 1. The first kappa shape index (κ1) is 33.1. The van der Waals surface area contributed by atoms with Crippen LogP contribution in [0, 0.1) is 5.82 Å². The van der Waals surface area contributed by atoms with Gasteiger partial charge in [-0.25, -0.2) is 18.6 Å². The highest BCUT2D eigenvalue weighted by Crippen LogP contribution is 2.36. The van der Waals surface area contributed by atoms with Crippen molar-refractivity contribution >= 4 is 38.5 Å². The van der Waals surface area contributed by atoms with Crippen LogP contribution in [0.1, 0.15) is 74.7 Å². The van der Waals surface area contributed by atoms with E-state index in [0.717, 1.165) is 54.7 Å². The molecule has 2 aliphatic rings. The predicted molar refractivity (Wildman–Crippen MR) is 180 cm³/mol. The zero-order chi connectivity index (χ0) is 33.3. The van der Waals surface area contributed by atoms with Gasteiger partial charge in [0.25, 0.3) is 5.91 Å². The Kier molecular flexibility index (Phi) is 9.70.